The van der Waals surface area contributed by atoms with Gasteiger partial charge in [-0.1, -0.05) is 6.07 Å². The van der Waals surface area contributed by atoms with E-state index in [0.29, 0.717) is 12.2 Å². The molecule has 4 nitrogen and oxygen atoms in total. The lowest BCUT2D eigenvalue weighted by molar-refractivity contribution is -0.115. The molecule has 0 saturated heterocycles. The van der Waals surface area contributed by atoms with Crippen LogP contribution in [0.25, 0.3) is 0 Å². The fourth-order valence-corrected chi connectivity index (χ4v) is 1.76. The van der Waals surface area contributed by atoms with Crippen molar-refractivity contribution in [1.82, 2.24) is 9.97 Å². The lowest BCUT2D eigenvalue weighted by atomic mass is 10.1. The minimum absolute atomic E-state index is 0.0502. The number of nitrogens with zero attached hydrogens (tertiary/aromatic N) is 1. The molecule has 0 aliphatic carbocycles. The SMILES string of the molecule is Cc1cc(CC(=O)Nc2ccccn2)c(C)[nH]1. The van der Waals surface area contributed by atoms with Crippen LogP contribution in [0, 0.1) is 13.8 Å². The van der Waals surface area contributed by atoms with Gasteiger partial charge >= 0.3 is 0 Å². The van der Waals surface area contributed by atoms with E-state index in [4.69, 9.17) is 0 Å². The number of hydrogen-bond acceptors (Lipinski definition) is 2. The molecule has 2 aromatic heterocycles. The summed E-state index contributed by atoms with van der Waals surface area (Å²) in [5, 5.41) is 2.76. The maximum absolute atomic E-state index is 11.8. The number of H-pyrrole nitrogens is 1. The van der Waals surface area contributed by atoms with E-state index in [0.717, 1.165) is 17.0 Å². The molecule has 2 N–H and O–H groups in total. The number of aromatic amines is 1. The van der Waals surface area contributed by atoms with Gasteiger partial charge in [0.05, 0.1) is 6.42 Å². The number of amides is 1. The number of aromatic nitrogens is 2. The first kappa shape index (κ1) is 11.4. The minimum Gasteiger partial charge on any atom is -0.362 e. The Bertz CT molecular complexity index is 517. The third kappa shape index (κ3) is 2.93. The summed E-state index contributed by atoms with van der Waals surface area (Å²) in [7, 11) is 0. The van der Waals surface area contributed by atoms with Crippen LogP contribution in [-0.4, -0.2) is 15.9 Å². The van der Waals surface area contributed by atoms with Crippen molar-refractivity contribution in [3.05, 3.63) is 47.4 Å². The molecular formula is C13H15N3O. The molecule has 0 aliphatic rings. The molecule has 2 heterocycles. The number of carbonyl (C=O) groups excluding carboxylic acids is 1. The summed E-state index contributed by atoms with van der Waals surface area (Å²) >= 11 is 0. The summed E-state index contributed by atoms with van der Waals surface area (Å²) in [6.07, 6.45) is 2.02. The maximum atomic E-state index is 11.8. The molecule has 0 radical (unpaired) electrons. The number of anilines is 1. The van der Waals surface area contributed by atoms with Crippen LogP contribution in [0.2, 0.25) is 0 Å². The molecule has 0 aliphatic heterocycles. The van der Waals surface area contributed by atoms with Crippen LogP contribution in [0.15, 0.2) is 30.5 Å². The van der Waals surface area contributed by atoms with E-state index >= 15 is 0 Å². The van der Waals surface area contributed by atoms with Crippen molar-refractivity contribution in [2.45, 2.75) is 20.3 Å². The van der Waals surface area contributed by atoms with Crippen molar-refractivity contribution >= 4 is 11.7 Å². The number of aryl methyl sites for hydroxylation is 2. The van der Waals surface area contributed by atoms with Crippen molar-refractivity contribution in [1.29, 1.82) is 0 Å². The molecule has 0 unspecified atom stereocenters. The molecule has 0 aromatic carbocycles. The molecule has 0 bridgehead atoms. The highest BCUT2D eigenvalue weighted by Gasteiger charge is 2.08. The van der Waals surface area contributed by atoms with E-state index in [9.17, 15) is 4.79 Å². The Balaban J connectivity index is 2.01. The summed E-state index contributed by atoms with van der Waals surface area (Å²) < 4.78 is 0. The highest BCUT2D eigenvalue weighted by atomic mass is 16.1. The van der Waals surface area contributed by atoms with Crippen LogP contribution in [0.4, 0.5) is 5.82 Å². The molecular weight excluding hydrogens is 214 g/mol. The van der Waals surface area contributed by atoms with E-state index in [-0.39, 0.29) is 5.91 Å². The quantitative estimate of drug-likeness (QED) is 0.847. The zero-order chi connectivity index (χ0) is 12.3. The van der Waals surface area contributed by atoms with E-state index in [1.54, 1.807) is 12.3 Å². The first-order valence-corrected chi connectivity index (χ1v) is 5.51. The van der Waals surface area contributed by atoms with Gasteiger partial charge in [-0.05, 0) is 37.6 Å². The second kappa shape index (κ2) is 4.82. The average molecular weight is 229 g/mol. The number of rotatable bonds is 3. The summed E-state index contributed by atoms with van der Waals surface area (Å²) in [5.74, 6) is 0.535. The van der Waals surface area contributed by atoms with Crippen molar-refractivity contribution in [2.75, 3.05) is 5.32 Å². The van der Waals surface area contributed by atoms with Crippen LogP contribution in [0.3, 0.4) is 0 Å². The third-order valence-corrected chi connectivity index (χ3v) is 2.54. The summed E-state index contributed by atoms with van der Waals surface area (Å²) in [6, 6.07) is 7.42. The van der Waals surface area contributed by atoms with Crippen LogP contribution < -0.4 is 5.32 Å². The number of carbonyl (C=O) groups is 1. The Morgan fingerprint density at radius 3 is 2.82 bits per heavy atom. The van der Waals surface area contributed by atoms with E-state index in [1.165, 1.54) is 0 Å². The second-order valence-electron chi connectivity index (χ2n) is 4.04. The maximum Gasteiger partial charge on any atom is 0.230 e. The highest BCUT2D eigenvalue weighted by Crippen LogP contribution is 2.11. The summed E-state index contributed by atoms with van der Waals surface area (Å²) in [6.45, 7) is 3.95. The standard InChI is InChI=1S/C13H15N3O/c1-9-7-11(10(2)15-9)8-13(17)16-12-5-3-4-6-14-12/h3-7,15H,8H2,1-2H3,(H,14,16,17). The average Bonchev–Trinajstić information content (AvgIpc) is 2.58. The summed E-state index contributed by atoms with van der Waals surface area (Å²) in [4.78, 5) is 19.0. The van der Waals surface area contributed by atoms with Crippen molar-refractivity contribution in [3.63, 3.8) is 0 Å². The van der Waals surface area contributed by atoms with Gasteiger partial charge in [0.2, 0.25) is 5.91 Å². The lowest BCUT2D eigenvalue weighted by Crippen LogP contribution is -2.15. The van der Waals surface area contributed by atoms with Gasteiger partial charge in [0.25, 0.3) is 0 Å². The fraction of sp³-hybridized carbons (Fsp3) is 0.231. The topological polar surface area (TPSA) is 57.8 Å². The smallest absolute Gasteiger partial charge is 0.230 e. The van der Waals surface area contributed by atoms with Gasteiger partial charge in [-0.2, -0.15) is 0 Å². The van der Waals surface area contributed by atoms with Gasteiger partial charge in [0.15, 0.2) is 0 Å². The van der Waals surface area contributed by atoms with Gasteiger partial charge in [0, 0.05) is 17.6 Å². The van der Waals surface area contributed by atoms with E-state index in [2.05, 4.69) is 15.3 Å². The predicted octanol–water partition coefficient (Wildman–Crippen LogP) is 2.21. The molecule has 0 atom stereocenters. The molecule has 0 fully saturated rings. The first-order chi connectivity index (χ1) is 8.15. The summed E-state index contributed by atoms with van der Waals surface area (Å²) in [5.41, 5.74) is 3.14. The van der Waals surface area contributed by atoms with Gasteiger partial charge in [0.1, 0.15) is 5.82 Å². The molecule has 17 heavy (non-hydrogen) atoms. The van der Waals surface area contributed by atoms with Crippen LogP contribution >= 0.6 is 0 Å². The zero-order valence-electron chi connectivity index (χ0n) is 9.95. The Morgan fingerprint density at radius 2 is 2.24 bits per heavy atom. The molecule has 88 valence electrons. The Hall–Kier alpha value is -2.10. The van der Waals surface area contributed by atoms with Crippen LogP contribution in [0.5, 0.6) is 0 Å². The van der Waals surface area contributed by atoms with Gasteiger partial charge in [-0.3, -0.25) is 4.79 Å². The third-order valence-electron chi connectivity index (χ3n) is 2.54. The molecule has 2 aromatic rings. The minimum atomic E-state index is -0.0502. The fourth-order valence-electron chi connectivity index (χ4n) is 1.76. The highest BCUT2D eigenvalue weighted by molar-refractivity contribution is 5.91. The van der Waals surface area contributed by atoms with Gasteiger partial charge < -0.3 is 10.3 Å². The molecule has 4 heteroatoms. The normalized spacial score (nSPS) is 10.2. The largest absolute Gasteiger partial charge is 0.362 e. The van der Waals surface area contributed by atoms with Crippen LogP contribution in [-0.2, 0) is 11.2 Å². The number of hydrogen-bond donors (Lipinski definition) is 2. The first-order valence-electron chi connectivity index (χ1n) is 5.51. The van der Waals surface area contributed by atoms with Crippen LogP contribution in [0.1, 0.15) is 17.0 Å². The van der Waals surface area contributed by atoms with Gasteiger partial charge in [-0.15, -0.1) is 0 Å². The zero-order valence-corrected chi connectivity index (χ0v) is 9.95. The molecule has 1 amide bonds. The molecule has 0 spiro atoms. The van der Waals surface area contributed by atoms with E-state index < -0.39 is 0 Å². The lowest BCUT2D eigenvalue weighted by Gasteiger charge is -2.03. The van der Waals surface area contributed by atoms with Crippen molar-refractivity contribution < 1.29 is 4.79 Å². The monoisotopic (exact) mass is 229 g/mol. The Morgan fingerprint density at radius 1 is 1.41 bits per heavy atom. The molecule has 2 rings (SSSR count). The molecule has 0 saturated carbocycles. The Labute approximate surface area is 100 Å². The predicted molar refractivity (Wildman–Crippen MR) is 66.8 cm³/mol. The Kier molecular flexibility index (Phi) is 3.23. The number of nitrogens with one attached hydrogen (secondary N) is 2. The van der Waals surface area contributed by atoms with Crippen molar-refractivity contribution in [2.24, 2.45) is 0 Å². The number of pyridine rings is 1. The van der Waals surface area contributed by atoms with Gasteiger partial charge in [-0.25, -0.2) is 4.98 Å². The van der Waals surface area contributed by atoms with Crippen molar-refractivity contribution in [3.8, 4) is 0 Å². The second-order valence-corrected chi connectivity index (χ2v) is 4.04. The van der Waals surface area contributed by atoms with E-state index in [1.807, 2.05) is 32.0 Å².